The lowest BCUT2D eigenvalue weighted by atomic mass is 10.1. The Morgan fingerprint density at radius 2 is 2.33 bits per heavy atom. The number of rotatable bonds is 2. The summed E-state index contributed by atoms with van der Waals surface area (Å²) in [5.74, 6) is 1.10. The van der Waals surface area contributed by atoms with Crippen molar-refractivity contribution in [2.45, 2.75) is 18.3 Å². The molecule has 0 unspecified atom stereocenters. The molecule has 0 amide bonds. The van der Waals surface area contributed by atoms with Gasteiger partial charge in [0.15, 0.2) is 5.65 Å². The van der Waals surface area contributed by atoms with Crippen molar-refractivity contribution < 1.29 is 0 Å². The maximum absolute atomic E-state index is 5.82. The fourth-order valence-electron chi connectivity index (χ4n) is 2.17. The van der Waals surface area contributed by atoms with Crippen molar-refractivity contribution in [3.8, 4) is 0 Å². The molecule has 4 nitrogen and oxygen atoms in total. The van der Waals surface area contributed by atoms with Gasteiger partial charge in [0, 0.05) is 25.2 Å². The molecule has 3 rings (SSSR count). The predicted molar refractivity (Wildman–Crippen MR) is 58.5 cm³/mol. The molecule has 2 N–H and O–H groups in total. The van der Waals surface area contributed by atoms with Crippen molar-refractivity contribution >= 4 is 11.2 Å². The van der Waals surface area contributed by atoms with E-state index in [1.807, 2.05) is 19.2 Å². The maximum Gasteiger partial charge on any atom is 0.159 e. The minimum Gasteiger partial charge on any atom is -0.329 e. The molecule has 0 radical (unpaired) electrons. The molecule has 0 bridgehead atoms. The molecule has 2 aromatic heterocycles. The van der Waals surface area contributed by atoms with Crippen LogP contribution in [0, 0.1) is 0 Å². The maximum atomic E-state index is 5.82. The van der Waals surface area contributed by atoms with Crippen molar-refractivity contribution in [1.82, 2.24) is 14.5 Å². The van der Waals surface area contributed by atoms with Gasteiger partial charge in [0.2, 0.25) is 0 Å². The number of aromatic nitrogens is 3. The number of imidazole rings is 1. The van der Waals surface area contributed by atoms with Crippen molar-refractivity contribution in [2.24, 2.45) is 12.8 Å². The average Bonchev–Trinajstić information content (AvgIpc) is 3.00. The summed E-state index contributed by atoms with van der Waals surface area (Å²) in [4.78, 5) is 8.97. The van der Waals surface area contributed by atoms with Crippen LogP contribution in [0.25, 0.3) is 11.2 Å². The molecule has 0 spiro atoms. The first kappa shape index (κ1) is 8.85. The minimum atomic E-state index is 0.134. The van der Waals surface area contributed by atoms with Gasteiger partial charge in [0.25, 0.3) is 0 Å². The fourth-order valence-corrected chi connectivity index (χ4v) is 2.17. The van der Waals surface area contributed by atoms with Crippen LogP contribution in [0.4, 0.5) is 0 Å². The smallest absolute Gasteiger partial charge is 0.159 e. The number of fused-ring (bicyclic) bond motifs is 1. The van der Waals surface area contributed by atoms with Gasteiger partial charge >= 0.3 is 0 Å². The minimum absolute atomic E-state index is 0.134. The molecule has 0 aliphatic heterocycles. The highest BCUT2D eigenvalue weighted by Gasteiger charge is 2.46. The van der Waals surface area contributed by atoms with Crippen LogP contribution in [0.1, 0.15) is 18.7 Å². The first-order valence-electron chi connectivity index (χ1n) is 5.25. The van der Waals surface area contributed by atoms with E-state index < -0.39 is 0 Å². The normalized spacial score (nSPS) is 18.3. The fraction of sp³-hybridized carbons (Fsp3) is 0.455. The number of aryl methyl sites for hydroxylation is 1. The van der Waals surface area contributed by atoms with E-state index in [2.05, 4.69) is 14.5 Å². The van der Waals surface area contributed by atoms with Gasteiger partial charge in [-0.05, 0) is 25.0 Å². The molecular weight excluding hydrogens is 188 g/mol. The van der Waals surface area contributed by atoms with Crippen LogP contribution in [-0.4, -0.2) is 21.1 Å². The second kappa shape index (κ2) is 2.79. The van der Waals surface area contributed by atoms with E-state index in [9.17, 15) is 0 Å². The summed E-state index contributed by atoms with van der Waals surface area (Å²) in [7, 11) is 2.02. The number of nitrogens with two attached hydrogens (primary N) is 1. The van der Waals surface area contributed by atoms with Crippen LogP contribution in [0.2, 0.25) is 0 Å². The highest BCUT2D eigenvalue weighted by molar-refractivity contribution is 5.71. The van der Waals surface area contributed by atoms with E-state index in [1.54, 1.807) is 6.20 Å². The van der Waals surface area contributed by atoms with Gasteiger partial charge < -0.3 is 10.3 Å². The van der Waals surface area contributed by atoms with Gasteiger partial charge in [-0.1, -0.05) is 0 Å². The largest absolute Gasteiger partial charge is 0.329 e. The number of pyridine rings is 1. The number of nitrogens with zero attached hydrogens (tertiary/aromatic N) is 3. The molecule has 0 atom stereocenters. The van der Waals surface area contributed by atoms with Gasteiger partial charge in [-0.15, -0.1) is 0 Å². The zero-order valence-electron chi connectivity index (χ0n) is 8.77. The van der Waals surface area contributed by atoms with Gasteiger partial charge in [0.1, 0.15) is 11.3 Å². The van der Waals surface area contributed by atoms with E-state index in [4.69, 9.17) is 5.73 Å². The molecule has 15 heavy (non-hydrogen) atoms. The van der Waals surface area contributed by atoms with Crippen LogP contribution in [0.5, 0.6) is 0 Å². The first-order chi connectivity index (χ1) is 7.27. The zero-order valence-corrected chi connectivity index (χ0v) is 8.77. The summed E-state index contributed by atoms with van der Waals surface area (Å²) < 4.78 is 2.08. The quantitative estimate of drug-likeness (QED) is 0.789. The van der Waals surface area contributed by atoms with Crippen molar-refractivity contribution in [3.63, 3.8) is 0 Å². The topological polar surface area (TPSA) is 56.7 Å². The predicted octanol–water partition coefficient (Wildman–Crippen LogP) is 0.959. The molecular formula is C11H14N4. The van der Waals surface area contributed by atoms with Crippen molar-refractivity contribution in [3.05, 3.63) is 24.2 Å². The lowest BCUT2D eigenvalue weighted by Gasteiger charge is -2.11. The van der Waals surface area contributed by atoms with Gasteiger partial charge in [-0.3, -0.25) is 0 Å². The second-order valence-electron chi connectivity index (χ2n) is 4.33. The van der Waals surface area contributed by atoms with Crippen molar-refractivity contribution in [1.29, 1.82) is 0 Å². The Balaban J connectivity index is 2.24. The third kappa shape index (κ3) is 1.11. The Morgan fingerprint density at radius 3 is 2.93 bits per heavy atom. The number of hydrogen-bond acceptors (Lipinski definition) is 3. The van der Waals surface area contributed by atoms with Gasteiger partial charge in [-0.25, -0.2) is 9.97 Å². The molecule has 2 heterocycles. The van der Waals surface area contributed by atoms with Gasteiger partial charge in [-0.2, -0.15) is 0 Å². The third-order valence-corrected chi connectivity index (χ3v) is 3.35. The van der Waals surface area contributed by atoms with E-state index in [0.29, 0.717) is 6.54 Å². The van der Waals surface area contributed by atoms with Crippen LogP contribution >= 0.6 is 0 Å². The Morgan fingerprint density at radius 1 is 1.53 bits per heavy atom. The molecule has 4 heteroatoms. The Bertz CT molecular complexity index is 510. The summed E-state index contributed by atoms with van der Waals surface area (Å²) in [6, 6.07) is 3.92. The lowest BCUT2D eigenvalue weighted by molar-refractivity contribution is 0.619. The summed E-state index contributed by atoms with van der Waals surface area (Å²) in [5, 5.41) is 0. The van der Waals surface area contributed by atoms with Gasteiger partial charge in [0.05, 0.1) is 0 Å². The van der Waals surface area contributed by atoms with E-state index >= 15 is 0 Å². The summed E-state index contributed by atoms with van der Waals surface area (Å²) in [6.07, 6.45) is 4.11. The highest BCUT2D eigenvalue weighted by Crippen LogP contribution is 2.46. The summed E-state index contributed by atoms with van der Waals surface area (Å²) in [6.45, 7) is 0.685. The van der Waals surface area contributed by atoms with E-state index in [-0.39, 0.29) is 5.41 Å². The molecule has 0 aromatic carbocycles. The second-order valence-corrected chi connectivity index (χ2v) is 4.33. The van der Waals surface area contributed by atoms with Crippen LogP contribution < -0.4 is 5.73 Å². The molecule has 2 aromatic rings. The van der Waals surface area contributed by atoms with E-state index in [1.165, 1.54) is 0 Å². The van der Waals surface area contributed by atoms with Crippen LogP contribution in [-0.2, 0) is 12.5 Å². The molecule has 1 aliphatic carbocycles. The van der Waals surface area contributed by atoms with Crippen molar-refractivity contribution in [2.75, 3.05) is 6.54 Å². The Labute approximate surface area is 88.1 Å². The lowest BCUT2D eigenvalue weighted by Crippen LogP contribution is -2.23. The summed E-state index contributed by atoms with van der Waals surface area (Å²) in [5.41, 5.74) is 7.87. The molecule has 78 valence electrons. The van der Waals surface area contributed by atoms with Crippen LogP contribution in [0.3, 0.4) is 0 Å². The molecule has 1 saturated carbocycles. The monoisotopic (exact) mass is 202 g/mol. The third-order valence-electron chi connectivity index (χ3n) is 3.35. The standard InChI is InChI=1S/C11H14N4/c1-15-9-8(3-2-6-13-9)14-10(15)11(7-12)4-5-11/h2-3,6H,4-5,7,12H2,1H3. The average molecular weight is 202 g/mol. The Hall–Kier alpha value is -1.42. The Kier molecular flexibility index (Phi) is 1.65. The zero-order chi connectivity index (χ0) is 10.5. The highest BCUT2D eigenvalue weighted by atomic mass is 15.1. The SMILES string of the molecule is Cn1c(C2(CN)CC2)nc2cccnc21. The molecule has 1 fully saturated rings. The first-order valence-corrected chi connectivity index (χ1v) is 5.25. The van der Waals surface area contributed by atoms with E-state index in [0.717, 1.165) is 29.8 Å². The summed E-state index contributed by atoms with van der Waals surface area (Å²) >= 11 is 0. The van der Waals surface area contributed by atoms with Crippen LogP contribution in [0.15, 0.2) is 18.3 Å². The molecule has 1 aliphatic rings. The molecule has 0 saturated heterocycles. The number of hydrogen-bond donors (Lipinski definition) is 1.